The smallest absolute Gasteiger partial charge is 0.127 e. The highest BCUT2D eigenvalue weighted by atomic mass is 32.1. The van der Waals surface area contributed by atoms with Gasteiger partial charge in [0.1, 0.15) is 16.6 Å². The summed E-state index contributed by atoms with van der Waals surface area (Å²) in [6.07, 6.45) is 2.29. The first kappa shape index (κ1) is 10.0. The first-order chi connectivity index (χ1) is 6.29. The number of nitrogens with zero attached hydrogens (tertiary/aromatic N) is 2. The van der Waals surface area contributed by atoms with Gasteiger partial charge in [0.05, 0.1) is 5.69 Å². The molecule has 0 aliphatic rings. The van der Waals surface area contributed by atoms with Gasteiger partial charge in [-0.1, -0.05) is 13.3 Å². The van der Waals surface area contributed by atoms with Crippen LogP contribution in [0.25, 0.3) is 0 Å². The van der Waals surface area contributed by atoms with Gasteiger partial charge in [-0.15, -0.1) is 0 Å². The number of nitrogens with one attached hydrogen (secondary N) is 1. The minimum Gasteiger partial charge on any atom is -0.375 e. The molecule has 0 spiro atoms. The third-order valence-corrected chi connectivity index (χ3v) is 2.69. The van der Waals surface area contributed by atoms with Gasteiger partial charge in [-0.2, -0.15) is 9.64 Å². The highest BCUT2D eigenvalue weighted by Crippen LogP contribution is 2.22. The van der Waals surface area contributed by atoms with E-state index in [-0.39, 0.29) is 0 Å². The average Bonchev–Trinajstić information content (AvgIpc) is 2.47. The molecule has 0 atom stereocenters. The molecule has 1 aromatic rings. The maximum Gasteiger partial charge on any atom is 0.127 e. The lowest BCUT2D eigenvalue weighted by atomic mass is 10.2. The van der Waals surface area contributed by atoms with E-state index in [0.717, 1.165) is 30.1 Å². The molecule has 13 heavy (non-hydrogen) atoms. The van der Waals surface area contributed by atoms with Crippen molar-refractivity contribution in [2.45, 2.75) is 26.7 Å². The van der Waals surface area contributed by atoms with E-state index in [4.69, 9.17) is 5.26 Å². The first-order valence-corrected chi connectivity index (χ1v) is 5.17. The Bertz CT molecular complexity index is 311. The molecule has 0 amide bonds. The summed E-state index contributed by atoms with van der Waals surface area (Å²) in [5.74, 6) is 0. The molecule has 0 fully saturated rings. The van der Waals surface area contributed by atoms with E-state index in [1.165, 1.54) is 11.5 Å². The van der Waals surface area contributed by atoms with Crippen LogP contribution in [-0.2, 0) is 0 Å². The van der Waals surface area contributed by atoms with Crippen LogP contribution < -0.4 is 5.32 Å². The van der Waals surface area contributed by atoms with Gasteiger partial charge in [0.2, 0.25) is 0 Å². The Kier molecular flexibility index (Phi) is 3.71. The topological polar surface area (TPSA) is 48.7 Å². The molecule has 4 heteroatoms. The molecule has 1 rings (SSSR count). The van der Waals surface area contributed by atoms with E-state index in [9.17, 15) is 0 Å². The molecular weight excluding hydrogens is 182 g/mol. The van der Waals surface area contributed by atoms with Crippen molar-refractivity contribution in [3.8, 4) is 6.07 Å². The fourth-order valence-corrected chi connectivity index (χ4v) is 1.77. The van der Waals surface area contributed by atoms with E-state index >= 15 is 0 Å². The molecule has 1 N–H and O–H groups in total. The van der Waals surface area contributed by atoms with E-state index in [1.807, 2.05) is 6.92 Å². The number of unbranched alkanes of at least 4 members (excludes halogenated alkanes) is 1. The van der Waals surface area contributed by atoms with Crippen molar-refractivity contribution in [2.24, 2.45) is 0 Å². The summed E-state index contributed by atoms with van der Waals surface area (Å²) in [4.78, 5) is 0. The minimum absolute atomic E-state index is 0.695. The van der Waals surface area contributed by atoms with Crippen LogP contribution in [0.1, 0.15) is 31.0 Å². The van der Waals surface area contributed by atoms with E-state index in [1.54, 1.807) is 0 Å². The lowest BCUT2D eigenvalue weighted by Crippen LogP contribution is -2.00. The number of hydrogen-bond donors (Lipinski definition) is 1. The molecule has 0 aliphatic carbocycles. The van der Waals surface area contributed by atoms with Crippen LogP contribution in [0.5, 0.6) is 0 Å². The predicted octanol–water partition coefficient (Wildman–Crippen LogP) is 2.54. The maximum absolute atomic E-state index is 8.82. The van der Waals surface area contributed by atoms with Crippen molar-refractivity contribution in [1.29, 1.82) is 5.26 Å². The second kappa shape index (κ2) is 4.83. The van der Waals surface area contributed by atoms with Gasteiger partial charge < -0.3 is 5.32 Å². The van der Waals surface area contributed by atoms with Crippen LogP contribution >= 0.6 is 11.5 Å². The van der Waals surface area contributed by atoms with Crippen LogP contribution in [0.4, 0.5) is 5.00 Å². The van der Waals surface area contributed by atoms with E-state index < -0.39 is 0 Å². The largest absolute Gasteiger partial charge is 0.375 e. The molecule has 0 bridgehead atoms. The van der Waals surface area contributed by atoms with Gasteiger partial charge in [0.15, 0.2) is 0 Å². The Labute approximate surface area is 82.6 Å². The normalized spacial score (nSPS) is 9.62. The van der Waals surface area contributed by atoms with Gasteiger partial charge in [-0.05, 0) is 24.9 Å². The molecule has 0 saturated carbocycles. The van der Waals surface area contributed by atoms with Gasteiger partial charge in [0.25, 0.3) is 0 Å². The van der Waals surface area contributed by atoms with E-state index in [2.05, 4.69) is 22.7 Å². The number of aryl methyl sites for hydroxylation is 1. The average molecular weight is 195 g/mol. The number of nitriles is 1. The lowest BCUT2D eigenvalue weighted by molar-refractivity contribution is 0.835. The summed E-state index contributed by atoms with van der Waals surface area (Å²) in [7, 11) is 0. The molecule has 1 heterocycles. The molecule has 0 radical (unpaired) electrons. The highest BCUT2D eigenvalue weighted by Gasteiger charge is 2.08. The first-order valence-electron chi connectivity index (χ1n) is 4.39. The van der Waals surface area contributed by atoms with Gasteiger partial charge in [-0.25, -0.2) is 0 Å². The SMILES string of the molecule is CCCCNc1snc(C)c1C#N. The third-order valence-electron chi connectivity index (χ3n) is 1.79. The summed E-state index contributed by atoms with van der Waals surface area (Å²) in [6, 6.07) is 2.16. The van der Waals surface area contributed by atoms with Crippen LogP contribution in [0.3, 0.4) is 0 Å². The third kappa shape index (κ3) is 2.43. The highest BCUT2D eigenvalue weighted by molar-refractivity contribution is 7.10. The van der Waals surface area contributed by atoms with E-state index in [0.29, 0.717) is 5.56 Å². The van der Waals surface area contributed by atoms with Gasteiger partial charge in [-0.3, -0.25) is 0 Å². The maximum atomic E-state index is 8.82. The fraction of sp³-hybridized carbons (Fsp3) is 0.556. The monoisotopic (exact) mass is 195 g/mol. The summed E-state index contributed by atoms with van der Waals surface area (Å²) in [5.41, 5.74) is 1.52. The van der Waals surface area contributed by atoms with Gasteiger partial charge >= 0.3 is 0 Å². The second-order valence-corrected chi connectivity index (χ2v) is 3.64. The van der Waals surface area contributed by atoms with Gasteiger partial charge in [0, 0.05) is 6.54 Å². The predicted molar refractivity (Wildman–Crippen MR) is 55.0 cm³/mol. The molecular formula is C9H13N3S. The number of aromatic nitrogens is 1. The van der Waals surface area contributed by atoms with Crippen LogP contribution in [0.2, 0.25) is 0 Å². The number of anilines is 1. The van der Waals surface area contributed by atoms with Crippen molar-refractivity contribution in [3.63, 3.8) is 0 Å². The van der Waals surface area contributed by atoms with Crippen molar-refractivity contribution < 1.29 is 0 Å². The zero-order valence-electron chi connectivity index (χ0n) is 7.92. The fourth-order valence-electron chi connectivity index (χ4n) is 1.00. The Morgan fingerprint density at radius 3 is 3.00 bits per heavy atom. The minimum atomic E-state index is 0.695. The van der Waals surface area contributed by atoms with Crippen LogP contribution in [0, 0.1) is 18.3 Å². The van der Waals surface area contributed by atoms with Crippen molar-refractivity contribution >= 4 is 16.5 Å². The molecule has 0 aromatic carbocycles. The molecule has 0 aliphatic heterocycles. The zero-order valence-corrected chi connectivity index (χ0v) is 8.74. The molecule has 0 unspecified atom stereocenters. The lowest BCUT2D eigenvalue weighted by Gasteiger charge is -2.00. The molecule has 1 aromatic heterocycles. The second-order valence-electron chi connectivity index (χ2n) is 2.86. The van der Waals surface area contributed by atoms with Crippen LogP contribution in [-0.4, -0.2) is 10.9 Å². The Hall–Kier alpha value is -1.08. The van der Waals surface area contributed by atoms with Crippen molar-refractivity contribution in [2.75, 3.05) is 11.9 Å². The van der Waals surface area contributed by atoms with Crippen molar-refractivity contribution in [3.05, 3.63) is 11.3 Å². The zero-order chi connectivity index (χ0) is 9.68. The summed E-state index contributed by atoms with van der Waals surface area (Å²) in [5, 5.41) is 13.0. The van der Waals surface area contributed by atoms with Crippen molar-refractivity contribution in [1.82, 2.24) is 4.37 Å². The standard InChI is InChI=1S/C9H13N3S/c1-3-4-5-11-9-8(6-10)7(2)12-13-9/h11H,3-5H2,1-2H3. The quantitative estimate of drug-likeness (QED) is 0.751. The Morgan fingerprint density at radius 1 is 1.62 bits per heavy atom. The molecule has 70 valence electrons. The molecule has 3 nitrogen and oxygen atoms in total. The summed E-state index contributed by atoms with van der Waals surface area (Å²) < 4.78 is 4.12. The Morgan fingerprint density at radius 2 is 2.38 bits per heavy atom. The molecule has 0 saturated heterocycles. The summed E-state index contributed by atoms with van der Waals surface area (Å²) in [6.45, 7) is 4.93. The van der Waals surface area contributed by atoms with Crippen LogP contribution in [0.15, 0.2) is 0 Å². The number of rotatable bonds is 4. The number of hydrogen-bond acceptors (Lipinski definition) is 4. The Balaban J connectivity index is 2.62. The summed E-state index contributed by atoms with van der Waals surface area (Å²) >= 11 is 1.37.